The fourth-order valence-corrected chi connectivity index (χ4v) is 5.00. The van der Waals surface area contributed by atoms with Gasteiger partial charge in [-0.3, -0.25) is 4.79 Å². The Kier molecular flexibility index (Phi) is 7.27. The number of nitrogens with one attached hydrogen (secondary N) is 2. The third kappa shape index (κ3) is 5.39. The van der Waals surface area contributed by atoms with Crippen LogP contribution in [0.5, 0.6) is 5.75 Å². The molecule has 0 fully saturated rings. The Morgan fingerprint density at radius 3 is 2.57 bits per heavy atom. The van der Waals surface area contributed by atoms with Gasteiger partial charge in [0, 0.05) is 25.5 Å². The monoisotopic (exact) mass is 639 g/mol. The molecular weight excluding hydrogens is 626 g/mol. The summed E-state index contributed by atoms with van der Waals surface area (Å²) in [4.78, 5) is 28.7. The lowest BCUT2D eigenvalue weighted by atomic mass is 10.0. The Balaban J connectivity index is 1.45. The number of furan rings is 1. The van der Waals surface area contributed by atoms with Crippen LogP contribution < -0.4 is 10.2 Å². The van der Waals surface area contributed by atoms with Gasteiger partial charge < -0.3 is 14.1 Å². The summed E-state index contributed by atoms with van der Waals surface area (Å²) >= 11 is 13.3. The summed E-state index contributed by atoms with van der Waals surface area (Å²) in [7, 11) is 0. The number of H-pyrrole nitrogens is 1. The highest BCUT2D eigenvalue weighted by Gasteiger charge is 2.21. The van der Waals surface area contributed by atoms with E-state index in [-0.39, 0.29) is 11.5 Å². The van der Waals surface area contributed by atoms with Gasteiger partial charge in [0.15, 0.2) is 0 Å². The first-order valence-electron chi connectivity index (χ1n) is 10.9. The van der Waals surface area contributed by atoms with Crippen LogP contribution in [0, 0.1) is 0 Å². The van der Waals surface area contributed by atoms with Crippen LogP contribution >= 0.6 is 43.5 Å². The van der Waals surface area contributed by atoms with Gasteiger partial charge in [0.05, 0.1) is 23.0 Å². The zero-order valence-electron chi connectivity index (χ0n) is 18.8. The number of benzene rings is 3. The molecule has 10 heteroatoms. The van der Waals surface area contributed by atoms with E-state index < -0.39 is 11.9 Å². The van der Waals surface area contributed by atoms with Crippen LogP contribution in [0.25, 0.3) is 22.0 Å². The molecule has 1 amide bonds. The minimum atomic E-state index is -0.653. The third-order valence-corrected chi connectivity index (χ3v) is 6.63. The molecule has 2 aromatic heterocycles. The van der Waals surface area contributed by atoms with Crippen molar-refractivity contribution in [2.24, 2.45) is 5.10 Å². The van der Waals surface area contributed by atoms with Crippen molar-refractivity contribution in [3.8, 4) is 16.9 Å². The second-order valence-corrected chi connectivity index (χ2v) is 10.0. The van der Waals surface area contributed by atoms with Gasteiger partial charge in [-0.1, -0.05) is 73.8 Å². The maximum Gasteiger partial charge on any atom is 0.379 e. The van der Waals surface area contributed by atoms with Crippen molar-refractivity contribution >= 4 is 72.5 Å². The molecule has 2 heterocycles. The molecule has 184 valence electrons. The number of hydrogen-bond acceptors (Lipinski definition) is 5. The van der Waals surface area contributed by atoms with Crippen LogP contribution in [-0.2, 0) is 0 Å². The zero-order chi connectivity index (χ0) is 25.9. The quantitative estimate of drug-likeness (QED) is 0.0865. The summed E-state index contributed by atoms with van der Waals surface area (Å²) < 4.78 is 12.1. The second-order valence-electron chi connectivity index (χ2n) is 7.80. The van der Waals surface area contributed by atoms with Gasteiger partial charge in [0.2, 0.25) is 5.76 Å². The van der Waals surface area contributed by atoms with E-state index >= 15 is 0 Å². The van der Waals surface area contributed by atoms with Crippen LogP contribution in [0.2, 0.25) is 5.02 Å². The normalized spacial score (nSPS) is 11.2. The van der Waals surface area contributed by atoms with E-state index in [1.54, 1.807) is 30.3 Å². The van der Waals surface area contributed by atoms with Gasteiger partial charge in [-0.25, -0.2) is 10.2 Å². The van der Waals surface area contributed by atoms with Crippen LogP contribution in [0.15, 0.2) is 97.5 Å². The molecule has 0 aliphatic rings. The molecule has 0 radical (unpaired) electrons. The first kappa shape index (κ1) is 25.0. The molecule has 37 heavy (non-hydrogen) atoms. The van der Waals surface area contributed by atoms with Crippen molar-refractivity contribution in [3.63, 3.8) is 0 Å². The molecule has 0 spiro atoms. The first-order valence-corrected chi connectivity index (χ1v) is 12.8. The number of aromatic amines is 1. The number of carbonyl (C=O) groups excluding carboxylic acids is 2. The van der Waals surface area contributed by atoms with E-state index in [4.69, 9.17) is 20.8 Å². The molecule has 0 aliphatic heterocycles. The summed E-state index contributed by atoms with van der Waals surface area (Å²) in [5.41, 5.74) is 5.49. The van der Waals surface area contributed by atoms with Crippen molar-refractivity contribution in [1.29, 1.82) is 0 Å². The molecule has 0 bridgehead atoms. The lowest BCUT2D eigenvalue weighted by Crippen LogP contribution is -2.19. The highest BCUT2D eigenvalue weighted by molar-refractivity contribution is 9.10. The van der Waals surface area contributed by atoms with Crippen molar-refractivity contribution in [1.82, 2.24) is 10.4 Å². The summed E-state index contributed by atoms with van der Waals surface area (Å²) in [5.74, 6) is -0.811. The number of rotatable bonds is 6. The van der Waals surface area contributed by atoms with Crippen LogP contribution in [0.4, 0.5) is 0 Å². The molecule has 2 N–H and O–H groups in total. The molecule has 3 aromatic carbocycles. The predicted molar refractivity (Wildman–Crippen MR) is 149 cm³/mol. The molecule has 7 nitrogen and oxygen atoms in total. The van der Waals surface area contributed by atoms with Gasteiger partial charge >= 0.3 is 5.97 Å². The van der Waals surface area contributed by atoms with E-state index in [0.29, 0.717) is 27.4 Å². The number of amides is 1. The summed E-state index contributed by atoms with van der Waals surface area (Å²) in [6, 6.07) is 21.3. The summed E-state index contributed by atoms with van der Waals surface area (Å²) in [5, 5.41) is 5.38. The van der Waals surface area contributed by atoms with E-state index in [2.05, 4.69) is 47.4 Å². The number of aromatic nitrogens is 1. The standard InChI is InChI=1S/C27H16Br2ClN3O4/c28-17-8-9-21(37-27(35)22-7-4-10-36-22)16(11-17)14-31-33-26(34)25-23(15-5-2-1-3-6-15)19-12-18(29)13-20(30)24(19)32-25/h1-14,32H,(H,33,34). The number of carbonyl (C=O) groups is 2. The molecule has 0 saturated heterocycles. The third-order valence-electron chi connectivity index (χ3n) is 5.38. The van der Waals surface area contributed by atoms with Gasteiger partial charge in [0.25, 0.3) is 5.91 Å². The van der Waals surface area contributed by atoms with E-state index in [0.717, 1.165) is 19.9 Å². The number of hydrazone groups is 1. The van der Waals surface area contributed by atoms with Crippen molar-refractivity contribution in [2.45, 2.75) is 0 Å². The second kappa shape index (κ2) is 10.8. The molecule has 0 aliphatic carbocycles. The van der Waals surface area contributed by atoms with E-state index in [1.165, 1.54) is 18.5 Å². The number of halogens is 3. The largest absolute Gasteiger partial charge is 0.457 e. The average Bonchev–Trinajstić information content (AvgIpc) is 3.55. The number of hydrogen-bond donors (Lipinski definition) is 2. The van der Waals surface area contributed by atoms with Crippen molar-refractivity contribution < 1.29 is 18.7 Å². The summed E-state index contributed by atoms with van der Waals surface area (Å²) in [6.07, 6.45) is 2.78. The number of nitrogens with zero attached hydrogens (tertiary/aromatic N) is 1. The minimum Gasteiger partial charge on any atom is -0.457 e. The number of fused-ring (bicyclic) bond motifs is 1. The zero-order valence-corrected chi connectivity index (χ0v) is 22.7. The first-order chi connectivity index (χ1) is 17.9. The van der Waals surface area contributed by atoms with Gasteiger partial charge in [-0.15, -0.1) is 0 Å². The molecule has 5 rings (SSSR count). The van der Waals surface area contributed by atoms with Gasteiger partial charge in [-0.05, 0) is 48.0 Å². The Labute approximate surface area is 232 Å². The maximum atomic E-state index is 13.3. The Bertz CT molecular complexity index is 1650. The number of esters is 1. The smallest absolute Gasteiger partial charge is 0.379 e. The maximum absolute atomic E-state index is 13.3. The number of ether oxygens (including phenoxy) is 1. The SMILES string of the molecule is O=C(Oc1ccc(Br)cc1C=NNC(=O)c1[nH]c2c(Cl)cc(Br)cc2c1-c1ccccc1)c1ccco1. The van der Waals surface area contributed by atoms with Crippen molar-refractivity contribution in [2.75, 3.05) is 0 Å². The Morgan fingerprint density at radius 2 is 1.81 bits per heavy atom. The van der Waals surface area contributed by atoms with Crippen LogP contribution in [0.1, 0.15) is 26.6 Å². The van der Waals surface area contributed by atoms with E-state index in [9.17, 15) is 9.59 Å². The molecule has 0 saturated carbocycles. The molecule has 5 aromatic rings. The lowest BCUT2D eigenvalue weighted by Gasteiger charge is -2.07. The van der Waals surface area contributed by atoms with Crippen LogP contribution in [-0.4, -0.2) is 23.1 Å². The highest BCUT2D eigenvalue weighted by Crippen LogP contribution is 2.37. The Morgan fingerprint density at radius 1 is 1.00 bits per heavy atom. The fraction of sp³-hybridized carbons (Fsp3) is 0. The van der Waals surface area contributed by atoms with E-state index in [1.807, 2.05) is 36.4 Å². The molecular formula is C27H16Br2ClN3O4. The van der Waals surface area contributed by atoms with Gasteiger partial charge in [-0.2, -0.15) is 5.10 Å². The predicted octanol–water partition coefficient (Wildman–Crippen LogP) is 7.59. The molecule has 0 unspecified atom stereocenters. The average molecular weight is 642 g/mol. The Hall–Kier alpha value is -3.66. The van der Waals surface area contributed by atoms with Crippen molar-refractivity contribution in [3.05, 3.63) is 110 Å². The fourth-order valence-electron chi connectivity index (χ4n) is 3.77. The van der Waals surface area contributed by atoms with Gasteiger partial charge in [0.1, 0.15) is 11.4 Å². The molecule has 0 atom stereocenters. The minimum absolute atomic E-state index is 0.0664. The highest BCUT2D eigenvalue weighted by atomic mass is 79.9. The lowest BCUT2D eigenvalue weighted by molar-refractivity contribution is 0.0700. The van der Waals surface area contributed by atoms with Crippen LogP contribution in [0.3, 0.4) is 0 Å². The summed E-state index contributed by atoms with van der Waals surface area (Å²) in [6.45, 7) is 0. The topological polar surface area (TPSA) is 96.7 Å².